The van der Waals surface area contributed by atoms with Gasteiger partial charge in [-0.1, -0.05) is 25.8 Å². The van der Waals surface area contributed by atoms with Crippen LogP contribution in [-0.2, 0) is 4.79 Å². The van der Waals surface area contributed by atoms with Crippen LogP contribution in [0.2, 0.25) is 0 Å². The molecular weight excluding hydrogens is 291 g/mol. The van der Waals surface area contributed by atoms with Gasteiger partial charge in [-0.15, -0.1) is 0 Å². The van der Waals surface area contributed by atoms with Gasteiger partial charge in [0.15, 0.2) is 5.78 Å². The lowest BCUT2D eigenvalue weighted by atomic mass is 9.45. The maximum absolute atomic E-state index is 15.3. The summed E-state index contributed by atoms with van der Waals surface area (Å²) in [5.41, 5.74) is 0.969. The summed E-state index contributed by atoms with van der Waals surface area (Å²) in [6.07, 6.45) is 6.56. The molecule has 0 amide bonds. The molecular formula is C20H29FO2. The van der Waals surface area contributed by atoms with Crippen molar-refractivity contribution < 1.29 is 14.3 Å². The minimum absolute atomic E-state index is 0.0708. The molecule has 2 nitrogen and oxygen atoms in total. The van der Waals surface area contributed by atoms with Gasteiger partial charge in [0.1, 0.15) is 6.17 Å². The first-order valence-corrected chi connectivity index (χ1v) is 9.47. The predicted octanol–water partition coefficient (Wildman–Crippen LogP) is 4.07. The summed E-state index contributed by atoms with van der Waals surface area (Å²) in [6.45, 7) is 4.38. The van der Waals surface area contributed by atoms with Crippen molar-refractivity contribution in [1.82, 2.24) is 0 Å². The van der Waals surface area contributed by atoms with Gasteiger partial charge in [0, 0.05) is 12.3 Å². The Hall–Kier alpha value is -0.700. The van der Waals surface area contributed by atoms with Crippen molar-refractivity contribution in [3.8, 4) is 0 Å². The number of hydrogen-bond acceptors (Lipinski definition) is 2. The Morgan fingerprint density at radius 2 is 2.04 bits per heavy atom. The number of halogens is 1. The van der Waals surface area contributed by atoms with Gasteiger partial charge in [-0.25, -0.2) is 4.39 Å². The average Bonchev–Trinajstić information content (AvgIpc) is 2.48. The van der Waals surface area contributed by atoms with Crippen molar-refractivity contribution in [2.24, 2.45) is 35.0 Å². The van der Waals surface area contributed by atoms with Crippen molar-refractivity contribution >= 4 is 5.78 Å². The van der Waals surface area contributed by atoms with E-state index in [1.165, 1.54) is 5.57 Å². The van der Waals surface area contributed by atoms with Crippen LogP contribution >= 0.6 is 0 Å². The van der Waals surface area contributed by atoms with E-state index in [-0.39, 0.29) is 29.1 Å². The Kier molecular flexibility index (Phi) is 3.71. The Morgan fingerprint density at radius 1 is 1.26 bits per heavy atom. The minimum Gasteiger partial charge on any atom is -0.393 e. The Balaban J connectivity index is 1.73. The van der Waals surface area contributed by atoms with E-state index in [0.717, 1.165) is 32.1 Å². The van der Waals surface area contributed by atoms with Crippen molar-refractivity contribution in [2.75, 3.05) is 0 Å². The van der Waals surface area contributed by atoms with E-state index >= 15 is 4.39 Å². The first-order valence-electron chi connectivity index (χ1n) is 9.47. The molecule has 128 valence electrons. The van der Waals surface area contributed by atoms with Crippen molar-refractivity contribution in [3.63, 3.8) is 0 Å². The molecule has 4 aliphatic carbocycles. The summed E-state index contributed by atoms with van der Waals surface area (Å²) < 4.78 is 15.3. The lowest BCUT2D eigenvalue weighted by molar-refractivity contribution is -0.158. The molecule has 0 aromatic rings. The molecule has 4 rings (SSSR count). The molecule has 0 aliphatic heterocycles. The molecule has 0 radical (unpaired) electrons. The topological polar surface area (TPSA) is 37.3 Å². The fourth-order valence-corrected chi connectivity index (χ4v) is 6.75. The van der Waals surface area contributed by atoms with E-state index in [1.807, 2.05) is 6.08 Å². The van der Waals surface area contributed by atoms with E-state index in [9.17, 15) is 9.90 Å². The largest absolute Gasteiger partial charge is 0.393 e. The highest BCUT2D eigenvalue weighted by Gasteiger charge is 2.59. The van der Waals surface area contributed by atoms with Crippen LogP contribution in [0.4, 0.5) is 4.39 Å². The van der Waals surface area contributed by atoms with Crippen LogP contribution in [0.1, 0.15) is 58.8 Å². The van der Waals surface area contributed by atoms with Crippen LogP contribution in [-0.4, -0.2) is 23.2 Å². The van der Waals surface area contributed by atoms with Gasteiger partial charge in [0.05, 0.1) is 6.10 Å². The number of carbonyl (C=O) groups excluding carboxylic acids is 1. The van der Waals surface area contributed by atoms with Crippen LogP contribution < -0.4 is 0 Å². The highest BCUT2D eigenvalue weighted by molar-refractivity contribution is 5.91. The zero-order valence-electron chi connectivity index (χ0n) is 14.3. The smallest absolute Gasteiger partial charge is 0.155 e. The third-order valence-electron chi connectivity index (χ3n) is 7.77. The first kappa shape index (κ1) is 15.8. The number of aliphatic hydroxyl groups excluding tert-OH is 1. The van der Waals surface area contributed by atoms with E-state index in [1.54, 1.807) is 0 Å². The van der Waals surface area contributed by atoms with Gasteiger partial charge >= 0.3 is 0 Å². The maximum Gasteiger partial charge on any atom is 0.155 e. The fraction of sp³-hybridized carbons (Fsp3) is 0.850. The molecule has 1 unspecified atom stereocenters. The standard InChI is InChI=1S/C20H29FO2/c1-11-8-12-9-13(22)6-7-14(12)19-16(21)10-20(2)15(18(11)19)4-3-5-17(20)23/h9,11,14-19,23H,3-8,10H2,1-2H3/t11-,14+,15+,16?,17+,18+,19+,20+/m1/s1. The lowest BCUT2D eigenvalue weighted by Crippen LogP contribution is -2.59. The number of aliphatic hydroxyl groups is 1. The molecule has 3 saturated carbocycles. The molecule has 0 spiro atoms. The SMILES string of the molecule is C[C@@H]1CC2=CC(=O)CC[C@@H]2[C@H]2C(F)C[C@]3(C)[C@@H](O)CCC[C@H]3[C@@H]21. The minimum atomic E-state index is -0.835. The van der Waals surface area contributed by atoms with Crippen LogP contribution in [0.5, 0.6) is 0 Å². The molecule has 8 atom stereocenters. The van der Waals surface area contributed by atoms with Crippen molar-refractivity contribution in [2.45, 2.75) is 71.1 Å². The third-order valence-corrected chi connectivity index (χ3v) is 7.77. The summed E-state index contributed by atoms with van der Waals surface area (Å²) >= 11 is 0. The van der Waals surface area contributed by atoms with Crippen LogP contribution in [0.3, 0.4) is 0 Å². The number of alkyl halides is 1. The molecule has 0 bridgehead atoms. The molecule has 0 saturated heterocycles. The number of hydrogen-bond donors (Lipinski definition) is 1. The predicted molar refractivity (Wildman–Crippen MR) is 87.5 cm³/mol. The number of carbonyl (C=O) groups is 1. The monoisotopic (exact) mass is 320 g/mol. The van der Waals surface area contributed by atoms with Gasteiger partial charge in [0.25, 0.3) is 0 Å². The Labute approximate surface area is 138 Å². The van der Waals surface area contributed by atoms with Gasteiger partial charge in [-0.3, -0.25) is 4.79 Å². The first-order chi connectivity index (χ1) is 10.9. The van der Waals surface area contributed by atoms with Gasteiger partial charge in [-0.05, 0) is 67.3 Å². The normalized spacial score (nSPS) is 53.0. The van der Waals surface area contributed by atoms with E-state index in [4.69, 9.17) is 0 Å². The lowest BCUT2D eigenvalue weighted by Gasteiger charge is -2.60. The van der Waals surface area contributed by atoms with Gasteiger partial charge in [0.2, 0.25) is 0 Å². The zero-order valence-corrected chi connectivity index (χ0v) is 14.3. The van der Waals surface area contributed by atoms with Crippen LogP contribution in [0.15, 0.2) is 11.6 Å². The number of ketones is 1. The van der Waals surface area contributed by atoms with E-state index in [2.05, 4.69) is 13.8 Å². The fourth-order valence-electron chi connectivity index (χ4n) is 6.75. The highest BCUT2D eigenvalue weighted by Crippen LogP contribution is 2.62. The Morgan fingerprint density at radius 3 is 2.83 bits per heavy atom. The van der Waals surface area contributed by atoms with Crippen molar-refractivity contribution in [1.29, 1.82) is 0 Å². The summed E-state index contributed by atoms with van der Waals surface area (Å²) in [7, 11) is 0. The number of fused-ring (bicyclic) bond motifs is 5. The quantitative estimate of drug-likeness (QED) is 0.730. The molecule has 3 fully saturated rings. The second-order valence-electron chi connectivity index (χ2n) is 8.95. The van der Waals surface area contributed by atoms with Crippen LogP contribution in [0.25, 0.3) is 0 Å². The zero-order chi connectivity index (χ0) is 16.4. The third kappa shape index (κ3) is 2.26. The molecule has 23 heavy (non-hydrogen) atoms. The number of rotatable bonds is 0. The average molecular weight is 320 g/mol. The molecule has 4 aliphatic rings. The van der Waals surface area contributed by atoms with Gasteiger partial charge < -0.3 is 5.11 Å². The molecule has 0 heterocycles. The second kappa shape index (κ2) is 5.40. The van der Waals surface area contributed by atoms with Gasteiger partial charge in [-0.2, -0.15) is 0 Å². The van der Waals surface area contributed by atoms with E-state index in [0.29, 0.717) is 30.6 Å². The van der Waals surface area contributed by atoms with Crippen LogP contribution in [0, 0.1) is 35.0 Å². The molecule has 0 aromatic heterocycles. The second-order valence-corrected chi connectivity index (χ2v) is 8.95. The number of allylic oxidation sites excluding steroid dienone is 2. The highest BCUT2D eigenvalue weighted by atomic mass is 19.1. The summed E-state index contributed by atoms with van der Waals surface area (Å²) in [6, 6.07) is 0. The summed E-state index contributed by atoms with van der Waals surface area (Å²) in [5, 5.41) is 10.6. The molecule has 1 N–H and O–H groups in total. The summed E-state index contributed by atoms with van der Waals surface area (Å²) in [5.74, 6) is 1.80. The maximum atomic E-state index is 15.3. The van der Waals surface area contributed by atoms with E-state index < -0.39 is 6.17 Å². The van der Waals surface area contributed by atoms with Crippen molar-refractivity contribution in [3.05, 3.63) is 11.6 Å². The summed E-state index contributed by atoms with van der Waals surface area (Å²) in [4.78, 5) is 11.8. The molecule has 3 heteroatoms. The molecule has 0 aromatic carbocycles. The Bertz CT molecular complexity index is 542.